The maximum Gasteiger partial charge on any atom is 2.00 e. The smallest absolute Gasteiger partial charge is 0.748 e. The zero-order chi connectivity index (χ0) is 34.8. The van der Waals surface area contributed by atoms with Crippen molar-refractivity contribution < 1.29 is 104 Å². The van der Waals surface area contributed by atoms with Gasteiger partial charge in [0.15, 0.2) is 0 Å². The Balaban J connectivity index is 0.000000503. The fraction of sp³-hybridized carbons (Fsp3) is 0.0857. The SMILES string of the molecule is C.CS(=O)(=O)[O-].CSOO[O-].[Cu+2].[Na+].[Na+].c1ccc2c(c1)-c1nc-2nc2[n-]c(nc3nc(nc4[n-]c(n1)c1ccccc41)-c1ccccc1-3)c1ccccc21. The molecule has 0 N–H and O–H groups in total. The summed E-state index contributed by atoms with van der Waals surface area (Å²) in [5.74, 6) is 2.21. The molecular formula is C35H26CuN8Na2O6S2. The van der Waals surface area contributed by atoms with E-state index in [1.165, 1.54) is 0 Å². The predicted octanol–water partition coefficient (Wildman–Crippen LogP) is -0.582. The van der Waals surface area contributed by atoms with E-state index in [0.717, 1.165) is 55.8 Å². The van der Waals surface area contributed by atoms with Gasteiger partial charge in [-0.25, -0.2) is 18.4 Å². The van der Waals surface area contributed by atoms with E-state index in [0.29, 0.717) is 52.1 Å². The summed E-state index contributed by atoms with van der Waals surface area (Å²) in [4.78, 5) is 39.3. The molecule has 2 aliphatic heterocycles. The molecular weight excluding hydrogens is 802 g/mol. The van der Waals surface area contributed by atoms with Gasteiger partial charge < -0.3 is 39.7 Å². The van der Waals surface area contributed by atoms with Gasteiger partial charge in [-0.2, -0.15) is 4.33 Å². The quantitative estimate of drug-likeness (QED) is 0.0703. The van der Waals surface area contributed by atoms with E-state index in [-0.39, 0.29) is 83.6 Å². The van der Waals surface area contributed by atoms with E-state index < -0.39 is 10.1 Å². The number of hydrogen-bond acceptors (Lipinski definition) is 13. The van der Waals surface area contributed by atoms with Gasteiger partial charge in [0.2, 0.25) is 0 Å². The van der Waals surface area contributed by atoms with Gasteiger partial charge in [-0.3, -0.25) is 5.04 Å². The van der Waals surface area contributed by atoms with Gasteiger partial charge in [0.05, 0.1) is 33.4 Å². The summed E-state index contributed by atoms with van der Waals surface area (Å²) in [5, 5.41) is 15.3. The third-order valence-electron chi connectivity index (χ3n) is 7.43. The van der Waals surface area contributed by atoms with Crippen molar-refractivity contribution >= 4 is 66.3 Å². The summed E-state index contributed by atoms with van der Waals surface area (Å²) >= 11 is 0.867. The van der Waals surface area contributed by atoms with E-state index in [4.69, 9.17) is 58.1 Å². The third kappa shape index (κ3) is 9.82. The minimum atomic E-state index is -3.92. The topological polar surface area (TPSA) is 204 Å². The molecule has 0 amide bonds. The van der Waals surface area contributed by atoms with Crippen molar-refractivity contribution in [1.29, 1.82) is 0 Å². The molecule has 54 heavy (non-hydrogen) atoms. The van der Waals surface area contributed by atoms with Crippen molar-refractivity contribution in [3.63, 3.8) is 0 Å². The monoisotopic (exact) mass is 827 g/mol. The molecule has 0 saturated carbocycles. The van der Waals surface area contributed by atoms with Crippen LogP contribution in [-0.4, -0.2) is 55.4 Å². The average Bonchev–Trinajstić information content (AvgIpc) is 3.84. The van der Waals surface area contributed by atoms with E-state index in [1.807, 2.05) is 97.1 Å². The van der Waals surface area contributed by atoms with Gasteiger partial charge in [-0.05, 0) is 21.5 Å². The number of fused-ring (bicyclic) bond motifs is 20. The molecule has 0 spiro atoms. The van der Waals surface area contributed by atoms with Crippen LogP contribution in [0.4, 0.5) is 0 Å². The number of benzene rings is 4. The molecule has 3 aromatic heterocycles. The van der Waals surface area contributed by atoms with Crippen LogP contribution in [0.1, 0.15) is 7.43 Å². The molecule has 0 unspecified atom stereocenters. The third-order valence-corrected chi connectivity index (χ3v) is 7.62. The molecule has 14 nitrogen and oxygen atoms in total. The van der Waals surface area contributed by atoms with Crippen molar-refractivity contribution in [2.45, 2.75) is 7.43 Å². The molecule has 4 aromatic carbocycles. The maximum atomic E-state index is 9.08. The standard InChI is InChI=1S/C32H16N8.2CH4O3S.CH4.Cu.2Na/c1-2-10-18-17(9-1)25-33-26(18)38-28-21-13-5-6-14-22(21)30(35-28)40-32-24-16-8-7-15-23(24)31(36-32)39-29-20-12-4-3-11-19(20)27(34-29)37-25;1-5(2,3)4;1-5-4-3-2;;;;/h1-16H;1H3,(H,2,3,4);2H,1H3;1H4;;;/q-2;;;;+2;2*+1/p-2. The molecule has 0 atom stereocenters. The first-order valence-corrected chi connectivity index (χ1v) is 17.7. The number of hydrogen-bond donors (Lipinski definition) is 0. The predicted molar refractivity (Wildman–Crippen MR) is 192 cm³/mol. The van der Waals surface area contributed by atoms with Crippen LogP contribution in [0.25, 0.3) is 89.7 Å². The van der Waals surface area contributed by atoms with Gasteiger partial charge in [0, 0.05) is 69.4 Å². The molecule has 19 heteroatoms. The fourth-order valence-electron chi connectivity index (χ4n) is 5.49. The van der Waals surface area contributed by atoms with Crippen LogP contribution in [0, 0.1) is 0 Å². The number of rotatable bonds is 2. The molecule has 0 fully saturated rings. The Morgan fingerprint density at radius 2 is 0.796 bits per heavy atom. The molecule has 2 aliphatic rings. The Hall–Kier alpha value is -3.10. The minimum absolute atomic E-state index is 0. The largest absolute Gasteiger partial charge is 2.00 e. The van der Waals surface area contributed by atoms with Gasteiger partial charge in [0.1, 0.15) is 0 Å². The average molecular weight is 828 g/mol. The minimum Gasteiger partial charge on any atom is -0.748 e. The van der Waals surface area contributed by atoms with Crippen LogP contribution in [0.2, 0.25) is 0 Å². The van der Waals surface area contributed by atoms with Gasteiger partial charge in [-0.15, -0.1) is 0 Å². The molecule has 0 saturated heterocycles. The first kappa shape index (κ1) is 45.3. The van der Waals surface area contributed by atoms with E-state index in [1.54, 1.807) is 6.26 Å². The van der Waals surface area contributed by atoms with Crippen molar-refractivity contribution in [2.24, 2.45) is 0 Å². The van der Waals surface area contributed by atoms with E-state index in [2.05, 4.69) is 9.37 Å². The molecule has 0 aliphatic carbocycles. The van der Waals surface area contributed by atoms with Crippen molar-refractivity contribution in [2.75, 3.05) is 12.5 Å². The second-order valence-electron chi connectivity index (χ2n) is 10.7. The molecule has 5 heterocycles. The molecule has 9 rings (SSSR count). The summed E-state index contributed by atoms with van der Waals surface area (Å²) in [6.45, 7) is 0. The Morgan fingerprint density at radius 1 is 0.556 bits per heavy atom. The van der Waals surface area contributed by atoms with Gasteiger partial charge >= 0.3 is 76.2 Å². The second-order valence-corrected chi connectivity index (χ2v) is 12.6. The van der Waals surface area contributed by atoms with Gasteiger partial charge in [0.25, 0.3) is 0 Å². The fourth-order valence-corrected chi connectivity index (χ4v) is 5.54. The Labute approximate surface area is 368 Å². The van der Waals surface area contributed by atoms with Crippen LogP contribution in [0.5, 0.6) is 0 Å². The second kappa shape index (κ2) is 19.7. The summed E-state index contributed by atoms with van der Waals surface area (Å²) in [7, 11) is -3.92. The first-order valence-electron chi connectivity index (χ1n) is 14.7. The first-order chi connectivity index (χ1) is 24.2. The van der Waals surface area contributed by atoms with E-state index in [9.17, 15) is 0 Å². The van der Waals surface area contributed by atoms with Crippen LogP contribution in [-0.2, 0) is 36.6 Å². The Bertz CT molecular complexity index is 2370. The summed E-state index contributed by atoms with van der Waals surface area (Å²) < 4.78 is 30.9. The zero-order valence-electron chi connectivity index (χ0n) is 28.4. The molecule has 8 bridgehead atoms. The molecule has 267 valence electrons. The number of nitrogens with zero attached hydrogens (tertiary/aromatic N) is 8. The zero-order valence-corrected chi connectivity index (χ0v) is 35.0. The van der Waals surface area contributed by atoms with E-state index >= 15 is 0 Å². The maximum absolute atomic E-state index is 9.08. The normalized spacial score (nSPS) is 10.7. The summed E-state index contributed by atoms with van der Waals surface area (Å²) in [6, 6.07) is 31.8. The van der Waals surface area contributed by atoms with Crippen LogP contribution >= 0.6 is 12.0 Å². The summed E-state index contributed by atoms with van der Waals surface area (Å²) in [6.07, 6.45) is 2.19. The van der Waals surface area contributed by atoms with Crippen molar-refractivity contribution in [3.8, 4) is 45.6 Å². The van der Waals surface area contributed by atoms with Crippen LogP contribution in [0.15, 0.2) is 97.1 Å². The van der Waals surface area contributed by atoms with Crippen molar-refractivity contribution in [3.05, 3.63) is 97.1 Å². The Kier molecular flexibility index (Phi) is 16.5. The van der Waals surface area contributed by atoms with Crippen LogP contribution in [0.3, 0.4) is 0 Å². The van der Waals surface area contributed by atoms with Crippen molar-refractivity contribution in [1.82, 2.24) is 39.9 Å². The molecule has 1 radical (unpaired) electrons. The van der Waals surface area contributed by atoms with Crippen LogP contribution < -0.4 is 74.3 Å². The Morgan fingerprint density at radius 3 is 1.00 bits per heavy atom. The van der Waals surface area contributed by atoms with Gasteiger partial charge in [-0.1, -0.05) is 104 Å². The number of aromatic nitrogens is 8. The molecule has 7 aromatic rings. The summed E-state index contributed by atoms with van der Waals surface area (Å²) in [5.41, 5.74) is 5.78.